The molecular formula is C17H22N2O5. The number of carbonyl (C=O) groups excluding carboxylic acids is 3. The molecule has 1 aromatic carbocycles. The second-order valence-corrected chi connectivity index (χ2v) is 5.51. The van der Waals surface area contributed by atoms with E-state index in [1.54, 1.807) is 24.3 Å². The first kappa shape index (κ1) is 17.9. The number of anilines is 1. The predicted octanol–water partition coefficient (Wildman–Crippen LogP) is 1.49. The zero-order valence-electron chi connectivity index (χ0n) is 13.7. The Labute approximate surface area is 140 Å². The monoisotopic (exact) mass is 334 g/mol. The van der Waals surface area contributed by atoms with Gasteiger partial charge in [0.25, 0.3) is 5.91 Å². The van der Waals surface area contributed by atoms with E-state index in [9.17, 15) is 14.4 Å². The Morgan fingerprint density at radius 2 is 2.04 bits per heavy atom. The van der Waals surface area contributed by atoms with Gasteiger partial charge in [-0.2, -0.15) is 0 Å². The van der Waals surface area contributed by atoms with Crippen molar-refractivity contribution in [2.45, 2.75) is 31.8 Å². The van der Waals surface area contributed by atoms with Crippen LogP contribution >= 0.6 is 0 Å². The number of amides is 2. The number of nitrogens with one attached hydrogen (secondary N) is 2. The number of methoxy groups -OCH3 is 1. The molecule has 0 bridgehead atoms. The topological polar surface area (TPSA) is 93.7 Å². The standard InChI is InChI=1S/C17H22N2O5/c1-23-16(21)9-8-15(20)19-14-7-3-2-6-13(14)17(22)18-11-12-5-4-10-24-12/h2-3,6-7,12H,4-5,8-11H2,1H3,(H,18,22)(H,19,20). The van der Waals surface area contributed by atoms with Crippen LogP contribution in [0.4, 0.5) is 5.69 Å². The normalized spacial score (nSPS) is 16.5. The summed E-state index contributed by atoms with van der Waals surface area (Å²) in [5.74, 6) is -1.07. The summed E-state index contributed by atoms with van der Waals surface area (Å²) in [5.41, 5.74) is 0.791. The quantitative estimate of drug-likeness (QED) is 0.737. The fourth-order valence-electron chi connectivity index (χ4n) is 2.43. The Morgan fingerprint density at radius 3 is 2.75 bits per heavy atom. The number of rotatable bonds is 7. The Morgan fingerprint density at radius 1 is 1.25 bits per heavy atom. The van der Waals surface area contributed by atoms with E-state index in [1.165, 1.54) is 7.11 Å². The summed E-state index contributed by atoms with van der Waals surface area (Å²) in [6.45, 7) is 1.18. The predicted molar refractivity (Wildman–Crippen MR) is 87.6 cm³/mol. The Bertz CT molecular complexity index is 596. The van der Waals surface area contributed by atoms with E-state index in [0.717, 1.165) is 19.4 Å². The van der Waals surface area contributed by atoms with Crippen LogP contribution in [0.3, 0.4) is 0 Å². The summed E-state index contributed by atoms with van der Waals surface area (Å²) >= 11 is 0. The van der Waals surface area contributed by atoms with Gasteiger partial charge in [-0.05, 0) is 25.0 Å². The molecule has 1 saturated heterocycles. The van der Waals surface area contributed by atoms with Crippen molar-refractivity contribution in [1.29, 1.82) is 0 Å². The number of benzene rings is 1. The van der Waals surface area contributed by atoms with Gasteiger partial charge < -0.3 is 20.1 Å². The van der Waals surface area contributed by atoms with Crippen molar-refractivity contribution in [3.8, 4) is 0 Å². The zero-order chi connectivity index (χ0) is 17.4. The lowest BCUT2D eigenvalue weighted by atomic mass is 10.1. The van der Waals surface area contributed by atoms with Gasteiger partial charge in [-0.15, -0.1) is 0 Å². The van der Waals surface area contributed by atoms with Crippen LogP contribution in [0.5, 0.6) is 0 Å². The van der Waals surface area contributed by atoms with Crippen molar-refractivity contribution in [3.63, 3.8) is 0 Å². The second-order valence-electron chi connectivity index (χ2n) is 5.51. The fourth-order valence-corrected chi connectivity index (χ4v) is 2.43. The number of ether oxygens (including phenoxy) is 2. The lowest BCUT2D eigenvalue weighted by Gasteiger charge is -2.13. The molecule has 1 fully saturated rings. The molecule has 1 heterocycles. The summed E-state index contributed by atoms with van der Waals surface area (Å²) < 4.78 is 9.97. The van der Waals surface area contributed by atoms with E-state index in [4.69, 9.17) is 4.74 Å². The molecule has 1 aliphatic rings. The molecule has 0 spiro atoms. The molecule has 0 aliphatic carbocycles. The van der Waals surface area contributed by atoms with Crippen LogP contribution in [-0.2, 0) is 19.1 Å². The van der Waals surface area contributed by atoms with E-state index in [-0.39, 0.29) is 30.8 Å². The van der Waals surface area contributed by atoms with Gasteiger partial charge in [0, 0.05) is 19.6 Å². The van der Waals surface area contributed by atoms with E-state index in [2.05, 4.69) is 15.4 Å². The first-order chi connectivity index (χ1) is 11.6. The largest absolute Gasteiger partial charge is 0.469 e. The zero-order valence-corrected chi connectivity index (χ0v) is 13.7. The smallest absolute Gasteiger partial charge is 0.306 e. The number of hydrogen-bond acceptors (Lipinski definition) is 5. The second kappa shape index (κ2) is 9.02. The molecule has 1 aliphatic heterocycles. The third kappa shape index (κ3) is 5.34. The lowest BCUT2D eigenvalue weighted by Crippen LogP contribution is -2.32. The van der Waals surface area contributed by atoms with Gasteiger partial charge in [0.15, 0.2) is 0 Å². The summed E-state index contributed by atoms with van der Waals surface area (Å²) in [6.07, 6.45) is 1.99. The molecule has 7 heteroatoms. The fraction of sp³-hybridized carbons (Fsp3) is 0.471. The number of carbonyl (C=O) groups is 3. The third-order valence-corrected chi connectivity index (χ3v) is 3.74. The maximum Gasteiger partial charge on any atom is 0.306 e. The molecule has 1 aromatic rings. The first-order valence-electron chi connectivity index (χ1n) is 7.95. The maximum atomic E-state index is 12.3. The molecule has 2 rings (SSSR count). The van der Waals surface area contributed by atoms with Gasteiger partial charge in [-0.25, -0.2) is 0 Å². The van der Waals surface area contributed by atoms with E-state index < -0.39 is 5.97 Å². The molecule has 7 nitrogen and oxygen atoms in total. The minimum Gasteiger partial charge on any atom is -0.469 e. The van der Waals surface area contributed by atoms with Crippen LogP contribution in [0.1, 0.15) is 36.0 Å². The summed E-state index contributed by atoms with van der Waals surface area (Å²) in [5, 5.41) is 5.48. The first-order valence-corrected chi connectivity index (χ1v) is 7.95. The summed E-state index contributed by atoms with van der Waals surface area (Å²) in [6, 6.07) is 6.75. The summed E-state index contributed by atoms with van der Waals surface area (Å²) in [4.78, 5) is 35.3. The van der Waals surface area contributed by atoms with Gasteiger partial charge in [0.05, 0.1) is 30.9 Å². The molecule has 130 valence electrons. The minimum atomic E-state index is -0.451. The molecule has 24 heavy (non-hydrogen) atoms. The van der Waals surface area contributed by atoms with Crippen LogP contribution in [0.2, 0.25) is 0 Å². The highest BCUT2D eigenvalue weighted by Crippen LogP contribution is 2.16. The van der Waals surface area contributed by atoms with E-state index >= 15 is 0 Å². The van der Waals surface area contributed by atoms with Gasteiger partial charge in [0.1, 0.15) is 0 Å². The highest BCUT2D eigenvalue weighted by Gasteiger charge is 2.18. The number of esters is 1. The third-order valence-electron chi connectivity index (χ3n) is 3.74. The highest BCUT2D eigenvalue weighted by molar-refractivity contribution is 6.04. The highest BCUT2D eigenvalue weighted by atomic mass is 16.5. The van der Waals surface area contributed by atoms with E-state index in [1.807, 2.05) is 0 Å². The van der Waals surface area contributed by atoms with Crippen molar-refractivity contribution in [1.82, 2.24) is 5.32 Å². The molecule has 2 N–H and O–H groups in total. The van der Waals surface area contributed by atoms with Crippen LogP contribution in [0.25, 0.3) is 0 Å². The van der Waals surface area contributed by atoms with Gasteiger partial charge in [-0.1, -0.05) is 12.1 Å². The van der Waals surface area contributed by atoms with Gasteiger partial charge >= 0.3 is 5.97 Å². The van der Waals surface area contributed by atoms with Crippen molar-refractivity contribution in [3.05, 3.63) is 29.8 Å². The van der Waals surface area contributed by atoms with Crippen molar-refractivity contribution < 1.29 is 23.9 Å². The van der Waals surface area contributed by atoms with Crippen LogP contribution in [0.15, 0.2) is 24.3 Å². The molecule has 0 aromatic heterocycles. The molecular weight excluding hydrogens is 312 g/mol. The number of hydrogen-bond donors (Lipinski definition) is 2. The van der Waals surface area contributed by atoms with Crippen molar-refractivity contribution in [2.24, 2.45) is 0 Å². The lowest BCUT2D eigenvalue weighted by molar-refractivity contribution is -0.141. The number of para-hydroxylation sites is 1. The van der Waals surface area contributed by atoms with Crippen LogP contribution in [0, 0.1) is 0 Å². The maximum absolute atomic E-state index is 12.3. The average Bonchev–Trinajstić information content (AvgIpc) is 3.11. The van der Waals surface area contributed by atoms with Crippen molar-refractivity contribution in [2.75, 3.05) is 25.6 Å². The van der Waals surface area contributed by atoms with Gasteiger partial charge in [-0.3, -0.25) is 14.4 Å². The molecule has 0 saturated carbocycles. The molecule has 0 radical (unpaired) electrons. The van der Waals surface area contributed by atoms with Gasteiger partial charge in [0.2, 0.25) is 5.91 Å². The Hall–Kier alpha value is -2.41. The Balaban J connectivity index is 1.91. The van der Waals surface area contributed by atoms with Crippen molar-refractivity contribution >= 4 is 23.5 Å². The molecule has 1 unspecified atom stereocenters. The average molecular weight is 334 g/mol. The Kier molecular flexibility index (Phi) is 6.74. The summed E-state index contributed by atoms with van der Waals surface area (Å²) in [7, 11) is 1.27. The van der Waals surface area contributed by atoms with Crippen LogP contribution < -0.4 is 10.6 Å². The molecule has 1 atom stereocenters. The minimum absolute atomic E-state index is 0.00145. The SMILES string of the molecule is COC(=O)CCC(=O)Nc1ccccc1C(=O)NCC1CCCO1. The molecule has 2 amide bonds. The van der Waals surface area contributed by atoms with E-state index in [0.29, 0.717) is 17.8 Å². The van der Waals surface area contributed by atoms with Crippen LogP contribution in [-0.4, -0.2) is 44.1 Å².